The third kappa shape index (κ3) is 4.68. The predicted molar refractivity (Wildman–Crippen MR) is 118 cm³/mol. The lowest BCUT2D eigenvalue weighted by Crippen LogP contribution is -2.50. The van der Waals surface area contributed by atoms with Gasteiger partial charge in [-0.25, -0.2) is 4.79 Å². The molecule has 154 valence electrons. The maximum atomic E-state index is 12.4. The van der Waals surface area contributed by atoms with E-state index in [2.05, 4.69) is 20.4 Å². The van der Waals surface area contributed by atoms with Crippen LogP contribution in [0.25, 0.3) is 11.3 Å². The first kappa shape index (κ1) is 19.7. The number of benzene rings is 2. The van der Waals surface area contributed by atoms with E-state index in [0.717, 1.165) is 41.6 Å². The lowest BCUT2D eigenvalue weighted by molar-refractivity contribution is 0.208. The van der Waals surface area contributed by atoms with Crippen molar-refractivity contribution in [1.82, 2.24) is 15.1 Å². The SMILES string of the molecule is CCOc1ccc(-c2ccc(N3CCN(C(=O)Nc4ccccc4)CC3)nn2)cc1. The summed E-state index contributed by atoms with van der Waals surface area (Å²) >= 11 is 0. The molecule has 7 heteroatoms. The number of piperazine rings is 1. The number of hydrogen-bond donors (Lipinski definition) is 1. The molecule has 1 aromatic heterocycles. The number of hydrogen-bond acceptors (Lipinski definition) is 5. The minimum absolute atomic E-state index is 0.0715. The zero-order chi connectivity index (χ0) is 20.8. The Labute approximate surface area is 176 Å². The number of amides is 2. The van der Waals surface area contributed by atoms with Crippen molar-refractivity contribution in [3.63, 3.8) is 0 Å². The van der Waals surface area contributed by atoms with Crippen LogP contribution in [0.15, 0.2) is 66.7 Å². The number of aromatic nitrogens is 2. The molecule has 0 spiro atoms. The molecule has 0 atom stereocenters. The normalized spacial score (nSPS) is 13.8. The van der Waals surface area contributed by atoms with Crippen molar-refractivity contribution >= 4 is 17.5 Å². The molecule has 0 bridgehead atoms. The van der Waals surface area contributed by atoms with Crippen LogP contribution in [0.3, 0.4) is 0 Å². The lowest BCUT2D eigenvalue weighted by Gasteiger charge is -2.35. The Morgan fingerprint density at radius 1 is 0.933 bits per heavy atom. The fourth-order valence-electron chi connectivity index (χ4n) is 3.40. The van der Waals surface area contributed by atoms with Gasteiger partial charge in [-0.15, -0.1) is 10.2 Å². The third-order valence-corrected chi connectivity index (χ3v) is 5.03. The molecule has 0 unspecified atom stereocenters. The van der Waals surface area contributed by atoms with E-state index in [-0.39, 0.29) is 6.03 Å². The van der Waals surface area contributed by atoms with Crippen LogP contribution in [0.2, 0.25) is 0 Å². The Kier molecular flexibility index (Phi) is 6.08. The highest BCUT2D eigenvalue weighted by molar-refractivity contribution is 5.89. The van der Waals surface area contributed by atoms with Gasteiger partial charge in [0.1, 0.15) is 5.75 Å². The number of nitrogens with one attached hydrogen (secondary N) is 1. The Bertz CT molecular complexity index is 953. The molecular weight excluding hydrogens is 378 g/mol. The van der Waals surface area contributed by atoms with Gasteiger partial charge in [0.2, 0.25) is 0 Å². The summed E-state index contributed by atoms with van der Waals surface area (Å²) in [6.45, 7) is 5.34. The molecule has 2 aromatic carbocycles. The molecule has 4 rings (SSSR count). The van der Waals surface area contributed by atoms with Crippen LogP contribution in [-0.2, 0) is 0 Å². The number of nitrogens with zero attached hydrogens (tertiary/aromatic N) is 4. The minimum Gasteiger partial charge on any atom is -0.494 e. The van der Waals surface area contributed by atoms with Gasteiger partial charge in [-0.1, -0.05) is 18.2 Å². The summed E-state index contributed by atoms with van der Waals surface area (Å²) < 4.78 is 5.48. The first-order valence-corrected chi connectivity index (χ1v) is 10.2. The summed E-state index contributed by atoms with van der Waals surface area (Å²) in [5, 5.41) is 11.7. The Morgan fingerprint density at radius 3 is 2.30 bits per heavy atom. The first-order valence-electron chi connectivity index (χ1n) is 10.2. The molecule has 1 aliphatic heterocycles. The Hall–Kier alpha value is -3.61. The van der Waals surface area contributed by atoms with E-state index in [4.69, 9.17) is 4.74 Å². The molecule has 30 heavy (non-hydrogen) atoms. The van der Waals surface area contributed by atoms with Gasteiger partial charge in [0.15, 0.2) is 5.82 Å². The predicted octanol–water partition coefficient (Wildman–Crippen LogP) is 3.90. The van der Waals surface area contributed by atoms with Crippen LogP contribution in [0.1, 0.15) is 6.92 Å². The van der Waals surface area contributed by atoms with Gasteiger partial charge in [0.05, 0.1) is 12.3 Å². The van der Waals surface area contributed by atoms with Crippen LogP contribution in [0, 0.1) is 0 Å². The molecule has 0 saturated carbocycles. The number of urea groups is 1. The van der Waals surface area contributed by atoms with E-state index in [1.54, 1.807) is 0 Å². The molecule has 1 saturated heterocycles. The number of para-hydroxylation sites is 1. The molecule has 1 N–H and O–H groups in total. The quantitative estimate of drug-likeness (QED) is 0.700. The van der Waals surface area contributed by atoms with Crippen LogP contribution in [0.4, 0.5) is 16.3 Å². The molecule has 7 nitrogen and oxygen atoms in total. The maximum absolute atomic E-state index is 12.4. The summed E-state index contributed by atoms with van der Waals surface area (Å²) in [6.07, 6.45) is 0. The average Bonchev–Trinajstić information content (AvgIpc) is 2.81. The van der Waals surface area contributed by atoms with Gasteiger partial charge in [-0.05, 0) is 55.5 Å². The summed E-state index contributed by atoms with van der Waals surface area (Å²) in [6, 6.07) is 21.2. The highest BCUT2D eigenvalue weighted by atomic mass is 16.5. The zero-order valence-electron chi connectivity index (χ0n) is 17.0. The van der Waals surface area contributed by atoms with Crippen molar-refractivity contribution in [2.24, 2.45) is 0 Å². The van der Waals surface area contributed by atoms with Gasteiger partial charge >= 0.3 is 6.03 Å². The second-order valence-electron chi connectivity index (χ2n) is 7.00. The van der Waals surface area contributed by atoms with Crippen molar-refractivity contribution < 1.29 is 9.53 Å². The monoisotopic (exact) mass is 403 g/mol. The smallest absolute Gasteiger partial charge is 0.321 e. The second-order valence-corrected chi connectivity index (χ2v) is 7.00. The summed E-state index contributed by atoms with van der Waals surface area (Å²) in [5.41, 5.74) is 2.63. The number of carbonyl (C=O) groups excluding carboxylic acids is 1. The summed E-state index contributed by atoms with van der Waals surface area (Å²) in [5.74, 6) is 1.67. The number of rotatable bonds is 5. The van der Waals surface area contributed by atoms with Crippen LogP contribution < -0.4 is 15.0 Å². The largest absolute Gasteiger partial charge is 0.494 e. The third-order valence-electron chi connectivity index (χ3n) is 5.03. The second kappa shape index (κ2) is 9.26. The van der Waals surface area contributed by atoms with Crippen LogP contribution >= 0.6 is 0 Å². The number of ether oxygens (including phenoxy) is 1. The van der Waals surface area contributed by atoms with Crippen LogP contribution in [-0.4, -0.2) is 53.9 Å². The van der Waals surface area contributed by atoms with E-state index in [0.29, 0.717) is 19.7 Å². The van der Waals surface area contributed by atoms with Gasteiger partial charge in [-0.3, -0.25) is 0 Å². The average molecular weight is 403 g/mol. The highest BCUT2D eigenvalue weighted by Crippen LogP contribution is 2.22. The molecule has 1 fully saturated rings. The molecule has 1 aliphatic rings. The van der Waals surface area contributed by atoms with Gasteiger partial charge in [0.25, 0.3) is 0 Å². The van der Waals surface area contributed by atoms with Gasteiger partial charge in [-0.2, -0.15) is 0 Å². The molecule has 2 heterocycles. The first-order chi connectivity index (χ1) is 14.7. The van der Waals surface area contributed by atoms with Crippen molar-refractivity contribution in [3.05, 3.63) is 66.7 Å². The van der Waals surface area contributed by atoms with Gasteiger partial charge in [0, 0.05) is 37.4 Å². The van der Waals surface area contributed by atoms with Crippen molar-refractivity contribution in [2.45, 2.75) is 6.92 Å². The van der Waals surface area contributed by atoms with E-state index >= 15 is 0 Å². The topological polar surface area (TPSA) is 70.6 Å². The summed E-state index contributed by atoms with van der Waals surface area (Å²) in [4.78, 5) is 16.4. The highest BCUT2D eigenvalue weighted by Gasteiger charge is 2.22. The van der Waals surface area contributed by atoms with E-state index < -0.39 is 0 Å². The molecule has 0 aliphatic carbocycles. The fraction of sp³-hybridized carbons (Fsp3) is 0.261. The number of carbonyl (C=O) groups is 1. The zero-order valence-corrected chi connectivity index (χ0v) is 17.0. The maximum Gasteiger partial charge on any atom is 0.321 e. The lowest BCUT2D eigenvalue weighted by atomic mass is 10.1. The summed E-state index contributed by atoms with van der Waals surface area (Å²) in [7, 11) is 0. The van der Waals surface area contributed by atoms with E-state index in [9.17, 15) is 4.79 Å². The Morgan fingerprint density at radius 2 is 1.67 bits per heavy atom. The van der Waals surface area contributed by atoms with Crippen molar-refractivity contribution in [2.75, 3.05) is 43.0 Å². The molecule has 2 amide bonds. The fourth-order valence-corrected chi connectivity index (χ4v) is 3.40. The van der Waals surface area contributed by atoms with Crippen LogP contribution in [0.5, 0.6) is 5.75 Å². The molecular formula is C23H25N5O2. The minimum atomic E-state index is -0.0715. The van der Waals surface area contributed by atoms with Crippen molar-refractivity contribution in [1.29, 1.82) is 0 Å². The Balaban J connectivity index is 1.33. The molecule has 0 radical (unpaired) electrons. The van der Waals surface area contributed by atoms with Gasteiger partial charge < -0.3 is 19.9 Å². The van der Waals surface area contributed by atoms with E-state index in [1.807, 2.05) is 78.6 Å². The molecule has 3 aromatic rings. The van der Waals surface area contributed by atoms with Crippen molar-refractivity contribution in [3.8, 4) is 17.0 Å². The standard InChI is InChI=1S/C23H25N5O2/c1-2-30-20-10-8-18(9-11-20)21-12-13-22(26-25-21)27-14-16-28(17-15-27)23(29)24-19-6-4-3-5-7-19/h3-13H,2,14-17H2,1H3,(H,24,29). The number of anilines is 2. The van der Waals surface area contributed by atoms with E-state index in [1.165, 1.54) is 0 Å².